The first-order chi connectivity index (χ1) is 29.8. The first-order valence-corrected chi connectivity index (χ1v) is 20.0. The molecule has 0 spiro atoms. The summed E-state index contributed by atoms with van der Waals surface area (Å²) in [5.74, 6) is 1.58. The summed E-state index contributed by atoms with van der Waals surface area (Å²) < 4.78 is 47.6. The number of rotatable bonds is 20. The van der Waals surface area contributed by atoms with Crippen LogP contribution in [-0.2, 0) is 14.2 Å². The molecule has 0 bridgehead atoms. The molecule has 334 valence electrons. The van der Waals surface area contributed by atoms with Crippen molar-refractivity contribution in [3.05, 3.63) is 131 Å². The topological polar surface area (TPSA) is 195 Å². The number of aliphatic hydroxyl groups is 5. The summed E-state index contributed by atoms with van der Waals surface area (Å²) in [4.78, 5) is 0. The van der Waals surface area contributed by atoms with Gasteiger partial charge in [0, 0.05) is 29.7 Å². The first-order valence-electron chi connectivity index (χ1n) is 20.0. The van der Waals surface area contributed by atoms with Crippen molar-refractivity contribution >= 4 is 0 Å². The molecular formula is C48H58O14. The fourth-order valence-corrected chi connectivity index (χ4v) is 7.32. The van der Waals surface area contributed by atoms with Crippen molar-refractivity contribution in [1.82, 2.24) is 0 Å². The maximum atomic E-state index is 12.0. The molecule has 0 aromatic heterocycles. The number of aliphatic hydroxyl groups excluding tert-OH is 5. The van der Waals surface area contributed by atoms with Gasteiger partial charge in [-0.15, -0.1) is 0 Å². The van der Waals surface area contributed by atoms with Crippen molar-refractivity contribution in [2.24, 2.45) is 0 Å². The minimum absolute atomic E-state index is 0.108. The second kappa shape index (κ2) is 21.4. The van der Waals surface area contributed by atoms with Gasteiger partial charge < -0.3 is 68.5 Å². The molecule has 7 unspecified atom stereocenters. The largest absolute Gasteiger partial charge is 0.504 e. The Bertz CT molecular complexity index is 2220. The summed E-state index contributed by atoms with van der Waals surface area (Å²) in [6, 6.07) is 16.8. The van der Waals surface area contributed by atoms with Crippen LogP contribution in [0.2, 0.25) is 0 Å². The van der Waals surface area contributed by atoms with E-state index in [2.05, 4.69) is 20.1 Å². The fraction of sp³-hybridized carbons (Fsp3) is 0.375. The van der Waals surface area contributed by atoms with Crippen molar-refractivity contribution in [3.8, 4) is 45.6 Å². The summed E-state index contributed by atoms with van der Waals surface area (Å²) in [6.45, 7) is 12.1. The lowest BCUT2D eigenvalue weighted by atomic mass is 9.90. The summed E-state index contributed by atoms with van der Waals surface area (Å²) in [5, 5.41) is 66.3. The SMILES string of the molecule is C=C/C=C(/OC(CO)C(O)c1cc(C)c2c(c1)-c1cc(C(O)C(CO)Oc3ccc(C(C)COC)cc3C)cc(OC)c1OC(c1ccc(O)c(OC)c1)C(CO)O2)C(=C)OC. The van der Waals surface area contributed by atoms with Gasteiger partial charge in [0.2, 0.25) is 0 Å². The van der Waals surface area contributed by atoms with Gasteiger partial charge in [-0.2, -0.15) is 0 Å². The molecule has 4 aromatic rings. The number of ether oxygens (including phenoxy) is 8. The zero-order valence-corrected chi connectivity index (χ0v) is 36.2. The minimum atomic E-state index is -1.43. The number of hydrogen-bond donors (Lipinski definition) is 6. The monoisotopic (exact) mass is 858 g/mol. The highest BCUT2D eigenvalue weighted by atomic mass is 16.6. The molecule has 1 heterocycles. The van der Waals surface area contributed by atoms with Gasteiger partial charge >= 0.3 is 0 Å². The van der Waals surface area contributed by atoms with E-state index in [0.29, 0.717) is 45.9 Å². The van der Waals surface area contributed by atoms with Crippen LogP contribution in [0.15, 0.2) is 97.5 Å². The lowest BCUT2D eigenvalue weighted by Gasteiger charge is -2.34. The molecule has 7 atom stereocenters. The van der Waals surface area contributed by atoms with Gasteiger partial charge in [-0.1, -0.05) is 44.4 Å². The highest BCUT2D eigenvalue weighted by molar-refractivity contribution is 5.81. The highest BCUT2D eigenvalue weighted by Crippen LogP contribution is 2.51. The molecule has 0 amide bonds. The molecule has 4 aromatic carbocycles. The van der Waals surface area contributed by atoms with Gasteiger partial charge in [0.05, 0.1) is 47.8 Å². The molecule has 1 aliphatic heterocycles. The third-order valence-electron chi connectivity index (χ3n) is 10.7. The molecule has 0 saturated heterocycles. The number of fused-ring (bicyclic) bond motifs is 3. The molecule has 6 N–H and O–H groups in total. The van der Waals surface area contributed by atoms with Crippen LogP contribution in [0.3, 0.4) is 0 Å². The number of phenols is 1. The van der Waals surface area contributed by atoms with E-state index in [1.807, 2.05) is 19.1 Å². The number of aryl methyl sites for hydroxylation is 2. The van der Waals surface area contributed by atoms with Crippen molar-refractivity contribution in [1.29, 1.82) is 0 Å². The third-order valence-corrected chi connectivity index (χ3v) is 10.7. The molecule has 62 heavy (non-hydrogen) atoms. The molecule has 14 nitrogen and oxygen atoms in total. The average molecular weight is 859 g/mol. The number of allylic oxidation sites excluding steroid dienone is 2. The Morgan fingerprint density at radius 1 is 0.758 bits per heavy atom. The molecule has 14 heteroatoms. The van der Waals surface area contributed by atoms with Crippen LogP contribution < -0.4 is 23.7 Å². The Hall–Kier alpha value is -5.74. The minimum Gasteiger partial charge on any atom is -0.504 e. The molecule has 5 rings (SSSR count). The number of benzene rings is 4. The molecule has 0 fully saturated rings. The lowest BCUT2D eigenvalue weighted by Crippen LogP contribution is -2.34. The second-order valence-electron chi connectivity index (χ2n) is 15.0. The van der Waals surface area contributed by atoms with E-state index < -0.39 is 56.4 Å². The van der Waals surface area contributed by atoms with Gasteiger partial charge in [-0.25, -0.2) is 0 Å². The molecule has 0 radical (unpaired) electrons. The summed E-state index contributed by atoms with van der Waals surface area (Å²) in [5.41, 5.74) is 4.12. The van der Waals surface area contributed by atoms with E-state index in [4.69, 9.17) is 37.9 Å². The number of methoxy groups -OCH3 is 4. The van der Waals surface area contributed by atoms with Gasteiger partial charge in [-0.05, 0) is 90.2 Å². The maximum Gasteiger partial charge on any atom is 0.170 e. The van der Waals surface area contributed by atoms with Crippen LogP contribution in [0.25, 0.3) is 11.1 Å². The predicted molar refractivity (Wildman–Crippen MR) is 232 cm³/mol. The second-order valence-corrected chi connectivity index (χ2v) is 15.0. The van der Waals surface area contributed by atoms with Gasteiger partial charge in [-0.3, -0.25) is 0 Å². The van der Waals surface area contributed by atoms with E-state index >= 15 is 0 Å². The highest BCUT2D eigenvalue weighted by Gasteiger charge is 2.36. The van der Waals surface area contributed by atoms with Crippen LogP contribution in [0.4, 0.5) is 0 Å². The summed E-state index contributed by atoms with van der Waals surface area (Å²) in [7, 11) is 5.90. The van der Waals surface area contributed by atoms with E-state index in [1.54, 1.807) is 56.5 Å². The predicted octanol–water partition coefficient (Wildman–Crippen LogP) is 6.43. The lowest BCUT2D eigenvalue weighted by molar-refractivity contribution is -0.0377. The van der Waals surface area contributed by atoms with Crippen LogP contribution in [-0.4, -0.2) is 104 Å². The molecular weight excluding hydrogens is 801 g/mol. The fourth-order valence-electron chi connectivity index (χ4n) is 7.32. The van der Waals surface area contributed by atoms with E-state index in [9.17, 15) is 30.6 Å². The smallest absolute Gasteiger partial charge is 0.170 e. The zero-order chi connectivity index (χ0) is 45.2. The van der Waals surface area contributed by atoms with Gasteiger partial charge in [0.15, 0.2) is 58.9 Å². The average Bonchev–Trinajstić information content (AvgIpc) is 3.27. The first kappa shape index (κ1) is 47.3. The van der Waals surface area contributed by atoms with E-state index in [0.717, 1.165) is 11.1 Å². The Labute approximate surface area is 362 Å². The summed E-state index contributed by atoms with van der Waals surface area (Å²) in [6.07, 6.45) is -4.32. The Morgan fingerprint density at radius 2 is 1.40 bits per heavy atom. The van der Waals surface area contributed by atoms with Crippen LogP contribution >= 0.6 is 0 Å². The quantitative estimate of drug-likeness (QED) is 0.0420. The molecule has 0 aliphatic carbocycles. The van der Waals surface area contributed by atoms with Crippen LogP contribution in [0, 0.1) is 13.8 Å². The molecule has 0 saturated carbocycles. The van der Waals surface area contributed by atoms with Gasteiger partial charge in [0.1, 0.15) is 23.7 Å². The van der Waals surface area contributed by atoms with E-state index in [-0.39, 0.29) is 46.0 Å². The standard InChI is InChI=1S/C48H58O14/c1-10-11-38(29(5)56-7)60-42(23-50)44(53)32-17-27(3)46-34(18-32)35-19-33(45(54)41(22-49)59-37-15-13-30(16-26(37)2)28(4)25-55-6)21-40(58-9)48(35)62-47(43(24-51)61-46)31-12-14-36(52)39(20-31)57-8/h10-21,28,41-45,47,49-54H,1,5,22-25H2,2-4,6-9H3/b38-11+. The van der Waals surface area contributed by atoms with Crippen molar-refractivity contribution in [2.45, 2.75) is 63.3 Å². The normalized spacial score (nSPS) is 17.3. The van der Waals surface area contributed by atoms with Crippen molar-refractivity contribution in [2.75, 3.05) is 54.9 Å². The van der Waals surface area contributed by atoms with Gasteiger partial charge in [0.25, 0.3) is 0 Å². The molecule has 1 aliphatic rings. The van der Waals surface area contributed by atoms with Crippen molar-refractivity contribution < 1.29 is 68.5 Å². The Balaban J connectivity index is 1.69. The number of phenolic OH excluding ortho intramolecular Hbond substituents is 1. The van der Waals surface area contributed by atoms with E-state index in [1.165, 1.54) is 39.5 Å². The maximum absolute atomic E-state index is 12.0. The van der Waals surface area contributed by atoms with Crippen LogP contribution in [0.5, 0.6) is 34.5 Å². The van der Waals surface area contributed by atoms with Crippen LogP contribution in [0.1, 0.15) is 64.5 Å². The Morgan fingerprint density at radius 3 is 2.00 bits per heavy atom. The third kappa shape index (κ3) is 10.3. The number of hydrogen-bond acceptors (Lipinski definition) is 14. The number of aromatic hydroxyl groups is 1. The Kier molecular flexibility index (Phi) is 16.3. The zero-order valence-electron chi connectivity index (χ0n) is 36.2. The van der Waals surface area contributed by atoms with Crippen molar-refractivity contribution in [3.63, 3.8) is 0 Å². The summed E-state index contributed by atoms with van der Waals surface area (Å²) >= 11 is 0.